The summed E-state index contributed by atoms with van der Waals surface area (Å²) in [4.78, 5) is 8.69. The van der Waals surface area contributed by atoms with E-state index in [1.54, 1.807) is 19.1 Å². The highest BCUT2D eigenvalue weighted by Gasteiger charge is 2.06. The second-order valence-electron chi connectivity index (χ2n) is 5.38. The van der Waals surface area contributed by atoms with Crippen molar-refractivity contribution >= 4 is 40.5 Å². The van der Waals surface area contributed by atoms with Gasteiger partial charge in [-0.2, -0.15) is 0 Å². The molecule has 3 rings (SSSR count). The van der Waals surface area contributed by atoms with Crippen LogP contribution in [0.5, 0.6) is 0 Å². The van der Waals surface area contributed by atoms with Crippen LogP contribution < -0.4 is 10.6 Å². The van der Waals surface area contributed by atoms with Gasteiger partial charge in [0, 0.05) is 23.3 Å². The molecule has 0 saturated carbocycles. The van der Waals surface area contributed by atoms with Gasteiger partial charge in [0.15, 0.2) is 0 Å². The summed E-state index contributed by atoms with van der Waals surface area (Å²) in [6.07, 6.45) is 0. The van der Waals surface area contributed by atoms with Gasteiger partial charge in [0.25, 0.3) is 0 Å². The molecular formula is C18H15Cl2FN4. The van der Waals surface area contributed by atoms with Gasteiger partial charge < -0.3 is 10.6 Å². The van der Waals surface area contributed by atoms with Gasteiger partial charge in [0.05, 0.1) is 5.02 Å². The summed E-state index contributed by atoms with van der Waals surface area (Å²) in [6, 6.07) is 13.8. The number of benzene rings is 2. The highest BCUT2D eigenvalue weighted by atomic mass is 35.5. The summed E-state index contributed by atoms with van der Waals surface area (Å²) >= 11 is 12.0. The minimum Gasteiger partial charge on any atom is -0.366 e. The number of nitrogens with one attached hydrogen (secondary N) is 2. The molecule has 7 heteroatoms. The monoisotopic (exact) mass is 376 g/mol. The molecule has 0 unspecified atom stereocenters. The zero-order valence-electron chi connectivity index (χ0n) is 13.4. The highest BCUT2D eigenvalue weighted by molar-refractivity contribution is 6.31. The molecule has 0 radical (unpaired) electrons. The largest absolute Gasteiger partial charge is 0.366 e. The Morgan fingerprint density at radius 2 is 1.72 bits per heavy atom. The van der Waals surface area contributed by atoms with Gasteiger partial charge in [-0.05, 0) is 36.8 Å². The average Bonchev–Trinajstić information content (AvgIpc) is 2.57. The molecule has 2 N–H and O–H groups in total. The molecule has 0 spiro atoms. The molecule has 0 atom stereocenters. The van der Waals surface area contributed by atoms with Gasteiger partial charge >= 0.3 is 0 Å². The Morgan fingerprint density at radius 1 is 0.960 bits per heavy atom. The third-order valence-corrected chi connectivity index (χ3v) is 4.11. The van der Waals surface area contributed by atoms with Crippen LogP contribution in [0.15, 0.2) is 48.5 Å². The number of aryl methyl sites for hydroxylation is 1. The summed E-state index contributed by atoms with van der Waals surface area (Å²) in [5, 5.41) is 7.07. The van der Waals surface area contributed by atoms with Crippen LogP contribution in [0.4, 0.5) is 21.7 Å². The van der Waals surface area contributed by atoms with Gasteiger partial charge in [-0.25, -0.2) is 14.4 Å². The number of nitrogens with zero attached hydrogens (tertiary/aromatic N) is 2. The molecule has 128 valence electrons. The predicted octanol–water partition coefficient (Wildman–Crippen LogP) is 5.59. The number of anilines is 3. The van der Waals surface area contributed by atoms with Gasteiger partial charge in [0.1, 0.15) is 23.3 Å². The number of rotatable bonds is 5. The fourth-order valence-electron chi connectivity index (χ4n) is 2.27. The number of halogens is 3. The lowest BCUT2D eigenvalue weighted by molar-refractivity contribution is 0.628. The Hall–Kier alpha value is -2.37. The quantitative estimate of drug-likeness (QED) is 0.609. The maximum atomic E-state index is 13.3. The van der Waals surface area contributed by atoms with Gasteiger partial charge in [0.2, 0.25) is 0 Å². The lowest BCUT2D eigenvalue weighted by Crippen LogP contribution is -2.05. The Kier molecular flexibility index (Phi) is 5.36. The second-order valence-corrected chi connectivity index (χ2v) is 6.20. The predicted molar refractivity (Wildman–Crippen MR) is 100 cm³/mol. The minimum absolute atomic E-state index is 0.0489. The molecule has 0 saturated heterocycles. The van der Waals surface area contributed by atoms with Crippen LogP contribution in [0.3, 0.4) is 0 Å². The van der Waals surface area contributed by atoms with Crippen molar-refractivity contribution in [2.24, 2.45) is 0 Å². The van der Waals surface area contributed by atoms with Crippen LogP contribution in [0.2, 0.25) is 10.0 Å². The molecule has 1 heterocycles. The zero-order valence-corrected chi connectivity index (χ0v) is 14.9. The van der Waals surface area contributed by atoms with E-state index >= 15 is 0 Å². The summed E-state index contributed by atoms with van der Waals surface area (Å²) < 4.78 is 13.3. The zero-order chi connectivity index (χ0) is 17.8. The highest BCUT2D eigenvalue weighted by Crippen LogP contribution is 2.23. The smallest absolute Gasteiger partial charge is 0.141 e. The van der Waals surface area contributed by atoms with Crippen molar-refractivity contribution in [3.63, 3.8) is 0 Å². The van der Waals surface area contributed by atoms with Crippen molar-refractivity contribution in [2.75, 3.05) is 10.6 Å². The first-order chi connectivity index (χ1) is 12.0. The van der Waals surface area contributed by atoms with Gasteiger partial charge in [-0.3, -0.25) is 0 Å². The second kappa shape index (κ2) is 7.68. The fourth-order valence-corrected chi connectivity index (χ4v) is 2.65. The average molecular weight is 377 g/mol. The van der Waals surface area contributed by atoms with Crippen LogP contribution in [-0.4, -0.2) is 9.97 Å². The standard InChI is InChI=1S/C18H15Cl2FN4/c1-11-23-17(22-10-12-4-2-3-5-14(12)19)9-18(24-11)25-13-6-7-16(21)15(20)8-13/h2-9H,10H2,1H3,(H2,22,23,24,25). The third-order valence-electron chi connectivity index (χ3n) is 3.45. The fraction of sp³-hybridized carbons (Fsp3) is 0.111. The van der Waals surface area contributed by atoms with E-state index in [4.69, 9.17) is 23.2 Å². The maximum absolute atomic E-state index is 13.3. The van der Waals surface area contributed by atoms with Crippen molar-refractivity contribution < 1.29 is 4.39 Å². The molecule has 0 fully saturated rings. The Labute approximate surface area is 155 Å². The SMILES string of the molecule is Cc1nc(NCc2ccccc2Cl)cc(Nc2ccc(F)c(Cl)c2)n1. The molecule has 3 aromatic rings. The third kappa shape index (κ3) is 4.59. The molecule has 0 bridgehead atoms. The minimum atomic E-state index is -0.465. The molecule has 0 aliphatic rings. The molecular weight excluding hydrogens is 362 g/mol. The van der Waals surface area contributed by atoms with E-state index in [0.717, 1.165) is 5.56 Å². The van der Waals surface area contributed by atoms with Gasteiger partial charge in [-0.1, -0.05) is 41.4 Å². The Balaban J connectivity index is 1.76. The van der Waals surface area contributed by atoms with Crippen molar-refractivity contribution in [3.05, 3.63) is 75.8 Å². The first-order valence-electron chi connectivity index (χ1n) is 7.56. The van der Waals surface area contributed by atoms with Crippen molar-refractivity contribution in [1.82, 2.24) is 9.97 Å². The molecule has 0 aliphatic carbocycles. The number of aromatic nitrogens is 2. The lowest BCUT2D eigenvalue weighted by atomic mass is 10.2. The van der Waals surface area contributed by atoms with Crippen LogP contribution in [-0.2, 0) is 6.54 Å². The van der Waals surface area contributed by atoms with Crippen LogP contribution in [0.25, 0.3) is 0 Å². The van der Waals surface area contributed by atoms with Crippen molar-refractivity contribution in [1.29, 1.82) is 0 Å². The van der Waals surface area contributed by atoms with Crippen molar-refractivity contribution in [2.45, 2.75) is 13.5 Å². The Bertz CT molecular complexity index is 902. The normalized spacial score (nSPS) is 10.6. The summed E-state index contributed by atoms with van der Waals surface area (Å²) in [6.45, 7) is 2.33. The Morgan fingerprint density at radius 3 is 2.48 bits per heavy atom. The molecule has 25 heavy (non-hydrogen) atoms. The summed E-state index contributed by atoms with van der Waals surface area (Å²) in [7, 11) is 0. The first kappa shape index (κ1) is 17.5. The topological polar surface area (TPSA) is 49.8 Å². The molecule has 1 aromatic heterocycles. The van der Waals surface area contributed by atoms with Crippen LogP contribution in [0.1, 0.15) is 11.4 Å². The molecule has 4 nitrogen and oxygen atoms in total. The van der Waals surface area contributed by atoms with Crippen molar-refractivity contribution in [3.8, 4) is 0 Å². The summed E-state index contributed by atoms with van der Waals surface area (Å²) in [5.74, 6) is 1.37. The van der Waals surface area contributed by atoms with E-state index in [9.17, 15) is 4.39 Å². The van der Waals surface area contributed by atoms with Gasteiger partial charge in [-0.15, -0.1) is 0 Å². The number of hydrogen-bond acceptors (Lipinski definition) is 4. The van der Waals surface area contributed by atoms with Crippen LogP contribution in [0, 0.1) is 12.7 Å². The van der Waals surface area contributed by atoms with E-state index in [2.05, 4.69) is 20.6 Å². The van der Waals surface area contributed by atoms with E-state index in [-0.39, 0.29) is 5.02 Å². The molecule has 2 aromatic carbocycles. The lowest BCUT2D eigenvalue weighted by Gasteiger charge is -2.11. The molecule has 0 aliphatic heterocycles. The molecule has 0 amide bonds. The van der Waals surface area contributed by atoms with E-state index in [1.165, 1.54) is 12.1 Å². The summed E-state index contributed by atoms with van der Waals surface area (Å²) in [5.41, 5.74) is 1.61. The first-order valence-corrected chi connectivity index (χ1v) is 8.32. The van der Waals surface area contributed by atoms with E-state index < -0.39 is 5.82 Å². The van der Waals surface area contributed by atoms with E-state index in [0.29, 0.717) is 34.7 Å². The van der Waals surface area contributed by atoms with E-state index in [1.807, 2.05) is 24.3 Å². The number of hydrogen-bond donors (Lipinski definition) is 2. The van der Waals surface area contributed by atoms with Crippen LogP contribution >= 0.6 is 23.2 Å². The maximum Gasteiger partial charge on any atom is 0.141 e.